The summed E-state index contributed by atoms with van der Waals surface area (Å²) >= 11 is 0. The molecule has 1 fully saturated rings. The highest BCUT2D eigenvalue weighted by atomic mass is 19.3. The minimum absolute atomic E-state index is 0.0391. The zero-order chi connectivity index (χ0) is 19.3. The van der Waals surface area contributed by atoms with Crippen molar-refractivity contribution in [3.8, 4) is 0 Å². The third-order valence-corrected chi connectivity index (χ3v) is 4.56. The lowest BCUT2D eigenvalue weighted by atomic mass is 10.0. The Hall–Kier alpha value is -2.02. The average molecular weight is 368 g/mol. The van der Waals surface area contributed by atoms with Gasteiger partial charge in [-0.25, -0.2) is 8.78 Å². The van der Waals surface area contributed by atoms with Gasteiger partial charge in [0.25, 0.3) is 6.43 Å². The third-order valence-electron chi connectivity index (χ3n) is 4.56. The van der Waals surface area contributed by atoms with Crippen molar-refractivity contribution in [1.82, 2.24) is 4.90 Å². The Labute approximate surface area is 152 Å². The van der Waals surface area contributed by atoms with Crippen LogP contribution in [0.15, 0.2) is 24.3 Å². The van der Waals surface area contributed by atoms with Gasteiger partial charge in [0.2, 0.25) is 11.8 Å². The van der Waals surface area contributed by atoms with E-state index in [1.807, 2.05) is 24.3 Å². The van der Waals surface area contributed by atoms with Gasteiger partial charge in [0, 0.05) is 32.3 Å². The van der Waals surface area contributed by atoms with Crippen LogP contribution in [0.25, 0.3) is 0 Å². The first kappa shape index (κ1) is 20.3. The van der Waals surface area contributed by atoms with Crippen molar-refractivity contribution in [2.45, 2.75) is 32.6 Å². The first-order chi connectivity index (χ1) is 12.3. The Morgan fingerprint density at radius 2 is 2.12 bits per heavy atom. The minimum atomic E-state index is -2.62. The number of hydrogen-bond acceptors (Lipinski definition) is 3. The maximum absolute atomic E-state index is 12.8. The molecule has 0 aliphatic carbocycles. The van der Waals surface area contributed by atoms with Crippen molar-refractivity contribution in [1.29, 1.82) is 0 Å². The molecule has 144 valence electrons. The van der Waals surface area contributed by atoms with E-state index in [0.717, 1.165) is 16.2 Å². The molecule has 1 saturated heterocycles. The van der Waals surface area contributed by atoms with E-state index >= 15 is 0 Å². The van der Waals surface area contributed by atoms with Gasteiger partial charge in [-0.1, -0.05) is 26.0 Å². The van der Waals surface area contributed by atoms with Crippen LogP contribution in [-0.4, -0.2) is 56.5 Å². The summed E-state index contributed by atoms with van der Waals surface area (Å²) in [5, 5.41) is 0. The number of nitrogens with zero attached hydrogens (tertiary/aromatic N) is 2. The Bertz CT molecular complexity index is 637. The summed E-state index contributed by atoms with van der Waals surface area (Å²) in [6.07, 6.45) is -2.58. The number of alkyl halides is 2. The van der Waals surface area contributed by atoms with Gasteiger partial charge < -0.3 is 14.5 Å². The number of ether oxygens (including phenoxy) is 1. The summed E-state index contributed by atoms with van der Waals surface area (Å²) in [5.74, 6) is -0.868. The molecule has 1 aliphatic rings. The molecular weight excluding hydrogens is 342 g/mol. The van der Waals surface area contributed by atoms with E-state index < -0.39 is 24.8 Å². The van der Waals surface area contributed by atoms with Crippen LogP contribution in [0.1, 0.15) is 31.7 Å². The molecule has 0 N–H and O–H groups in total. The maximum atomic E-state index is 12.8. The lowest BCUT2D eigenvalue weighted by Gasteiger charge is -2.25. The zero-order valence-corrected chi connectivity index (χ0v) is 15.5. The van der Waals surface area contributed by atoms with Gasteiger partial charge in [0.1, 0.15) is 0 Å². The molecule has 26 heavy (non-hydrogen) atoms. The normalized spacial score (nSPS) is 17.4. The smallest absolute Gasteiger partial charge is 0.255 e. The van der Waals surface area contributed by atoms with Gasteiger partial charge in [-0.2, -0.15) is 0 Å². The second-order valence-corrected chi connectivity index (χ2v) is 6.82. The van der Waals surface area contributed by atoms with Crippen molar-refractivity contribution in [2.75, 3.05) is 38.3 Å². The molecule has 0 bridgehead atoms. The summed E-state index contributed by atoms with van der Waals surface area (Å²) in [6.45, 7) is 3.97. The molecule has 0 aromatic heterocycles. The van der Waals surface area contributed by atoms with Crippen LogP contribution in [0.5, 0.6) is 0 Å². The highest BCUT2D eigenvalue weighted by Crippen LogP contribution is 2.28. The number of hydrogen-bond donors (Lipinski definition) is 0. The van der Waals surface area contributed by atoms with E-state index in [1.165, 1.54) is 7.11 Å². The van der Waals surface area contributed by atoms with Crippen LogP contribution in [0.4, 0.5) is 14.5 Å². The first-order valence-corrected chi connectivity index (χ1v) is 8.79. The second-order valence-electron chi connectivity index (χ2n) is 6.82. The van der Waals surface area contributed by atoms with Gasteiger partial charge in [0.05, 0.1) is 19.1 Å². The average Bonchev–Trinajstić information content (AvgIpc) is 2.99. The highest BCUT2D eigenvalue weighted by molar-refractivity contribution is 6.00. The number of methoxy groups -OCH3 is 1. The monoisotopic (exact) mass is 368 g/mol. The quantitative estimate of drug-likeness (QED) is 0.709. The van der Waals surface area contributed by atoms with Gasteiger partial charge in [-0.3, -0.25) is 9.59 Å². The number of amides is 2. The fraction of sp³-hybridized carbons (Fsp3) is 0.579. The number of benzene rings is 1. The number of carbonyl (C=O) groups excluding carboxylic acids is 2. The summed E-state index contributed by atoms with van der Waals surface area (Å²) in [5.41, 5.74) is 1.85. The summed E-state index contributed by atoms with van der Waals surface area (Å²) in [7, 11) is 1.45. The lowest BCUT2D eigenvalue weighted by molar-refractivity contribution is -0.138. The van der Waals surface area contributed by atoms with E-state index in [9.17, 15) is 18.4 Å². The SMILES string of the molecule is COCCN(CC(F)F)C(=O)C1CC(=O)N(c2cccc(C(C)C)c2)C1. The van der Waals surface area contributed by atoms with Gasteiger partial charge in [-0.15, -0.1) is 0 Å². The van der Waals surface area contributed by atoms with E-state index in [0.29, 0.717) is 5.92 Å². The van der Waals surface area contributed by atoms with E-state index in [4.69, 9.17) is 4.74 Å². The molecule has 5 nitrogen and oxygen atoms in total. The van der Waals surface area contributed by atoms with Gasteiger partial charge >= 0.3 is 0 Å². The lowest BCUT2D eigenvalue weighted by Crippen LogP contribution is -2.42. The third kappa shape index (κ3) is 5.00. The largest absolute Gasteiger partial charge is 0.383 e. The summed E-state index contributed by atoms with van der Waals surface area (Å²) in [4.78, 5) is 27.7. The number of anilines is 1. The number of carbonyl (C=O) groups is 2. The Morgan fingerprint density at radius 3 is 2.73 bits per heavy atom. The fourth-order valence-corrected chi connectivity index (χ4v) is 3.09. The number of rotatable bonds is 8. The molecule has 1 aromatic rings. The van der Waals surface area contributed by atoms with Crippen LogP contribution in [0.2, 0.25) is 0 Å². The van der Waals surface area contributed by atoms with Crippen LogP contribution in [-0.2, 0) is 14.3 Å². The molecule has 1 aromatic carbocycles. The van der Waals surface area contributed by atoms with Crippen molar-refractivity contribution < 1.29 is 23.1 Å². The molecule has 0 radical (unpaired) electrons. The molecule has 0 spiro atoms. The van der Waals surface area contributed by atoms with Crippen molar-refractivity contribution in [2.24, 2.45) is 5.92 Å². The molecule has 2 rings (SSSR count). The highest BCUT2D eigenvalue weighted by Gasteiger charge is 2.37. The fourth-order valence-electron chi connectivity index (χ4n) is 3.09. The standard InChI is InChI=1S/C19H26F2N2O3/c1-13(2)14-5-4-6-16(9-14)23-11-15(10-18(23)24)19(25)22(7-8-26-3)12-17(20)21/h4-6,9,13,15,17H,7-8,10-12H2,1-3H3. The van der Waals surface area contributed by atoms with Crippen molar-refractivity contribution in [3.05, 3.63) is 29.8 Å². The molecule has 1 atom stereocenters. The Morgan fingerprint density at radius 1 is 1.38 bits per heavy atom. The van der Waals surface area contributed by atoms with Crippen LogP contribution in [0, 0.1) is 5.92 Å². The van der Waals surface area contributed by atoms with Crippen molar-refractivity contribution >= 4 is 17.5 Å². The molecule has 1 unspecified atom stereocenters. The van der Waals surface area contributed by atoms with E-state index in [1.54, 1.807) is 4.90 Å². The van der Waals surface area contributed by atoms with E-state index in [2.05, 4.69) is 13.8 Å². The second kappa shape index (κ2) is 9.07. The minimum Gasteiger partial charge on any atom is -0.383 e. The van der Waals surface area contributed by atoms with E-state index in [-0.39, 0.29) is 32.0 Å². The van der Waals surface area contributed by atoms with Gasteiger partial charge in [-0.05, 0) is 23.6 Å². The van der Waals surface area contributed by atoms with Crippen LogP contribution >= 0.6 is 0 Å². The van der Waals surface area contributed by atoms with Crippen LogP contribution in [0.3, 0.4) is 0 Å². The van der Waals surface area contributed by atoms with Crippen LogP contribution < -0.4 is 4.90 Å². The predicted molar refractivity (Wildman–Crippen MR) is 95.5 cm³/mol. The van der Waals surface area contributed by atoms with Crippen molar-refractivity contribution in [3.63, 3.8) is 0 Å². The zero-order valence-electron chi connectivity index (χ0n) is 15.5. The molecule has 2 amide bonds. The summed E-state index contributed by atoms with van der Waals surface area (Å²) in [6, 6.07) is 7.65. The number of halogens is 2. The predicted octanol–water partition coefficient (Wildman–Crippen LogP) is 2.90. The Kier molecular flexibility index (Phi) is 7.08. The molecule has 1 heterocycles. The summed E-state index contributed by atoms with van der Waals surface area (Å²) < 4.78 is 30.5. The molecule has 7 heteroatoms. The maximum Gasteiger partial charge on any atom is 0.255 e. The van der Waals surface area contributed by atoms with Gasteiger partial charge in [0.15, 0.2) is 0 Å². The first-order valence-electron chi connectivity index (χ1n) is 8.79. The Balaban J connectivity index is 2.12. The molecular formula is C19H26F2N2O3. The topological polar surface area (TPSA) is 49.9 Å². The molecule has 1 aliphatic heterocycles. The molecule has 0 saturated carbocycles.